The van der Waals surface area contributed by atoms with Crippen molar-refractivity contribution in [3.05, 3.63) is 34.9 Å². The predicted molar refractivity (Wildman–Crippen MR) is 60.4 cm³/mol. The van der Waals surface area contributed by atoms with Crippen molar-refractivity contribution in [1.82, 2.24) is 0 Å². The van der Waals surface area contributed by atoms with Gasteiger partial charge in [0.05, 0.1) is 6.61 Å². The summed E-state index contributed by atoms with van der Waals surface area (Å²) in [4.78, 5) is 0. The highest BCUT2D eigenvalue weighted by molar-refractivity contribution is 5.52. The number of hydrogen-bond acceptors (Lipinski definition) is 2. The van der Waals surface area contributed by atoms with Crippen molar-refractivity contribution in [1.29, 1.82) is 0 Å². The van der Waals surface area contributed by atoms with Crippen LogP contribution < -0.4 is 4.74 Å². The van der Waals surface area contributed by atoms with Gasteiger partial charge in [0.25, 0.3) is 0 Å². The predicted octanol–water partition coefficient (Wildman–Crippen LogP) is 2.84. The molecule has 0 bridgehead atoms. The Morgan fingerprint density at radius 1 is 1.33 bits per heavy atom. The van der Waals surface area contributed by atoms with Gasteiger partial charge in [0.15, 0.2) is 0 Å². The van der Waals surface area contributed by atoms with Crippen molar-refractivity contribution in [3.8, 4) is 11.5 Å². The van der Waals surface area contributed by atoms with Crippen LogP contribution in [0.2, 0.25) is 0 Å². The molecule has 1 aromatic rings. The molecule has 0 radical (unpaired) electrons. The monoisotopic (exact) mass is 204 g/mol. The zero-order valence-electron chi connectivity index (χ0n) is 9.21. The first-order chi connectivity index (χ1) is 7.22. The summed E-state index contributed by atoms with van der Waals surface area (Å²) in [5, 5.41) is 9.78. The van der Waals surface area contributed by atoms with Gasteiger partial charge in [0, 0.05) is 11.1 Å². The average Bonchev–Trinajstić information content (AvgIpc) is 2.23. The standard InChI is InChI=1S/C13H16O2/c1-3-15-13-7-6-12(14)11-8-9(2)4-5-10(11)13/h4,6-7,14H,3,5,8H2,1-2H3. The lowest BCUT2D eigenvalue weighted by Gasteiger charge is -2.19. The Kier molecular flexibility index (Phi) is 2.67. The fourth-order valence-electron chi connectivity index (χ4n) is 2.00. The number of phenols is 1. The minimum Gasteiger partial charge on any atom is -0.508 e. The van der Waals surface area contributed by atoms with Crippen molar-refractivity contribution < 1.29 is 9.84 Å². The minimum atomic E-state index is 0.390. The van der Waals surface area contributed by atoms with Crippen LogP contribution in [0.3, 0.4) is 0 Å². The maximum atomic E-state index is 9.78. The smallest absolute Gasteiger partial charge is 0.123 e. The molecule has 0 saturated carbocycles. The van der Waals surface area contributed by atoms with Gasteiger partial charge in [-0.05, 0) is 38.8 Å². The number of benzene rings is 1. The Bertz CT molecular complexity index is 405. The van der Waals surface area contributed by atoms with Crippen molar-refractivity contribution in [3.63, 3.8) is 0 Å². The average molecular weight is 204 g/mol. The molecule has 0 aliphatic heterocycles. The summed E-state index contributed by atoms with van der Waals surface area (Å²) >= 11 is 0. The van der Waals surface area contributed by atoms with Crippen molar-refractivity contribution >= 4 is 0 Å². The van der Waals surface area contributed by atoms with Crippen LogP contribution in [-0.2, 0) is 12.8 Å². The van der Waals surface area contributed by atoms with Gasteiger partial charge < -0.3 is 9.84 Å². The first-order valence-electron chi connectivity index (χ1n) is 5.34. The normalized spacial score (nSPS) is 14.4. The molecular weight excluding hydrogens is 188 g/mol. The van der Waals surface area contributed by atoms with Gasteiger partial charge in [-0.3, -0.25) is 0 Å². The maximum Gasteiger partial charge on any atom is 0.123 e. The molecule has 0 spiro atoms. The van der Waals surface area contributed by atoms with E-state index >= 15 is 0 Å². The minimum absolute atomic E-state index is 0.390. The molecule has 1 N–H and O–H groups in total. The van der Waals surface area contributed by atoms with E-state index in [0.717, 1.165) is 29.7 Å². The third-order valence-electron chi connectivity index (χ3n) is 2.77. The Labute approximate surface area is 90.2 Å². The van der Waals surface area contributed by atoms with Crippen LogP contribution in [0.5, 0.6) is 11.5 Å². The fraction of sp³-hybridized carbons (Fsp3) is 0.385. The van der Waals surface area contributed by atoms with Gasteiger partial charge in [-0.1, -0.05) is 11.6 Å². The molecule has 0 unspecified atom stereocenters. The summed E-state index contributed by atoms with van der Waals surface area (Å²) in [6.45, 7) is 4.73. The second-order valence-corrected chi connectivity index (χ2v) is 3.90. The summed E-state index contributed by atoms with van der Waals surface area (Å²) in [5.74, 6) is 1.30. The first kappa shape index (κ1) is 10.1. The lowest BCUT2D eigenvalue weighted by molar-refractivity contribution is 0.335. The van der Waals surface area contributed by atoms with E-state index in [1.807, 2.05) is 13.0 Å². The lowest BCUT2D eigenvalue weighted by Crippen LogP contribution is -2.05. The molecule has 15 heavy (non-hydrogen) atoms. The third kappa shape index (κ3) is 1.84. The number of allylic oxidation sites excluding steroid dienone is 2. The van der Waals surface area contributed by atoms with Crippen LogP contribution in [0.1, 0.15) is 25.0 Å². The van der Waals surface area contributed by atoms with E-state index in [9.17, 15) is 5.11 Å². The first-order valence-corrected chi connectivity index (χ1v) is 5.34. The van der Waals surface area contributed by atoms with Gasteiger partial charge in [0.1, 0.15) is 11.5 Å². The zero-order chi connectivity index (χ0) is 10.8. The van der Waals surface area contributed by atoms with E-state index in [4.69, 9.17) is 4.74 Å². The second kappa shape index (κ2) is 3.97. The number of fused-ring (bicyclic) bond motifs is 1. The second-order valence-electron chi connectivity index (χ2n) is 3.90. The van der Waals surface area contributed by atoms with Crippen LogP contribution in [0, 0.1) is 0 Å². The SMILES string of the molecule is CCOc1ccc(O)c2c1CC=C(C)C2. The van der Waals surface area contributed by atoms with Gasteiger partial charge in [0.2, 0.25) is 0 Å². The Hall–Kier alpha value is -1.44. The van der Waals surface area contributed by atoms with Crippen LogP contribution in [0.4, 0.5) is 0 Å². The Morgan fingerprint density at radius 3 is 2.87 bits per heavy atom. The largest absolute Gasteiger partial charge is 0.508 e. The highest BCUT2D eigenvalue weighted by Gasteiger charge is 2.16. The third-order valence-corrected chi connectivity index (χ3v) is 2.77. The lowest BCUT2D eigenvalue weighted by atomic mass is 9.91. The number of aromatic hydroxyl groups is 1. The van der Waals surface area contributed by atoms with E-state index < -0.39 is 0 Å². The molecule has 2 nitrogen and oxygen atoms in total. The summed E-state index contributed by atoms with van der Waals surface area (Å²) in [6.07, 6.45) is 3.90. The summed E-state index contributed by atoms with van der Waals surface area (Å²) in [7, 11) is 0. The van der Waals surface area contributed by atoms with Crippen LogP contribution in [0.25, 0.3) is 0 Å². The van der Waals surface area contributed by atoms with Gasteiger partial charge in [-0.25, -0.2) is 0 Å². The van der Waals surface area contributed by atoms with E-state index in [2.05, 4.69) is 13.0 Å². The molecule has 0 aromatic heterocycles. The summed E-state index contributed by atoms with van der Waals surface area (Å²) in [5.41, 5.74) is 3.48. The van der Waals surface area contributed by atoms with Gasteiger partial charge in [-0.2, -0.15) is 0 Å². The van der Waals surface area contributed by atoms with Gasteiger partial charge in [-0.15, -0.1) is 0 Å². The van der Waals surface area contributed by atoms with Crippen LogP contribution in [-0.4, -0.2) is 11.7 Å². The molecular formula is C13H16O2. The molecule has 1 aromatic carbocycles. The number of hydrogen-bond donors (Lipinski definition) is 1. The Balaban J connectivity index is 2.45. The van der Waals surface area contributed by atoms with E-state index in [1.54, 1.807) is 6.07 Å². The topological polar surface area (TPSA) is 29.5 Å². The molecule has 2 heteroatoms. The highest BCUT2D eigenvalue weighted by atomic mass is 16.5. The highest BCUT2D eigenvalue weighted by Crippen LogP contribution is 2.35. The summed E-state index contributed by atoms with van der Waals surface area (Å²) < 4.78 is 5.55. The molecule has 0 atom stereocenters. The van der Waals surface area contributed by atoms with E-state index in [-0.39, 0.29) is 0 Å². The molecule has 1 aliphatic rings. The quantitative estimate of drug-likeness (QED) is 0.750. The maximum absolute atomic E-state index is 9.78. The Morgan fingerprint density at radius 2 is 2.13 bits per heavy atom. The van der Waals surface area contributed by atoms with Crippen molar-refractivity contribution in [2.24, 2.45) is 0 Å². The molecule has 0 saturated heterocycles. The zero-order valence-corrected chi connectivity index (χ0v) is 9.21. The summed E-state index contributed by atoms with van der Waals surface area (Å²) in [6, 6.07) is 3.58. The van der Waals surface area contributed by atoms with Crippen molar-refractivity contribution in [2.45, 2.75) is 26.7 Å². The molecule has 0 heterocycles. The molecule has 0 fully saturated rings. The molecule has 2 rings (SSSR count). The fourth-order valence-corrected chi connectivity index (χ4v) is 2.00. The van der Waals surface area contributed by atoms with E-state index in [1.165, 1.54) is 5.57 Å². The van der Waals surface area contributed by atoms with Crippen LogP contribution >= 0.6 is 0 Å². The molecule has 80 valence electrons. The van der Waals surface area contributed by atoms with Crippen molar-refractivity contribution in [2.75, 3.05) is 6.61 Å². The number of rotatable bonds is 2. The van der Waals surface area contributed by atoms with Gasteiger partial charge >= 0.3 is 0 Å². The number of ether oxygens (including phenoxy) is 1. The molecule has 1 aliphatic carbocycles. The number of phenolic OH excluding ortho intramolecular Hbond substituents is 1. The van der Waals surface area contributed by atoms with Crippen LogP contribution in [0.15, 0.2) is 23.8 Å². The van der Waals surface area contributed by atoms with E-state index in [0.29, 0.717) is 12.4 Å². The molecule has 0 amide bonds.